The molecule has 1 aromatic rings. The van der Waals surface area contributed by atoms with Crippen molar-refractivity contribution in [2.45, 2.75) is 6.10 Å². The molecule has 0 aromatic carbocycles. The Balaban J connectivity index is 1.96. The first-order valence-electron chi connectivity index (χ1n) is 4.88. The summed E-state index contributed by atoms with van der Waals surface area (Å²) in [6.07, 6.45) is -0.547. The fourth-order valence-corrected chi connectivity index (χ4v) is 1.67. The number of nitrogens with zero attached hydrogens (tertiary/aromatic N) is 1. The van der Waals surface area contributed by atoms with E-state index in [9.17, 15) is 4.79 Å². The molecule has 0 spiro atoms. The molecule has 2 heterocycles. The molecular formula is C10H11BrN2O3. The van der Waals surface area contributed by atoms with Crippen molar-refractivity contribution in [1.82, 2.24) is 4.98 Å². The highest BCUT2D eigenvalue weighted by Crippen LogP contribution is 2.11. The molecule has 1 fully saturated rings. The number of aromatic nitrogens is 1. The van der Waals surface area contributed by atoms with Crippen LogP contribution in [-0.4, -0.2) is 36.8 Å². The minimum absolute atomic E-state index is 0.231. The average Bonchev–Trinajstić information content (AvgIpc) is 2.30. The molecule has 2 rings (SSSR count). The van der Waals surface area contributed by atoms with E-state index < -0.39 is 6.10 Å². The van der Waals surface area contributed by atoms with Crippen molar-refractivity contribution in [2.75, 3.05) is 25.1 Å². The number of hydrogen-bond donors (Lipinski definition) is 1. The number of rotatable bonds is 2. The van der Waals surface area contributed by atoms with Crippen LogP contribution in [0.15, 0.2) is 22.8 Å². The first kappa shape index (κ1) is 11.5. The Hall–Kier alpha value is -0.980. The largest absolute Gasteiger partial charge is 0.376 e. The first-order valence-corrected chi connectivity index (χ1v) is 5.68. The topological polar surface area (TPSA) is 60.5 Å². The molecule has 1 saturated heterocycles. The standard InChI is InChI=1S/C10H11BrN2O3/c11-8-2-1-3-9(12-8)13-10(14)7-6-15-4-5-16-7/h1-3,7H,4-6H2,(H,12,13,14). The summed E-state index contributed by atoms with van der Waals surface area (Å²) in [5.41, 5.74) is 0. The second-order valence-corrected chi connectivity index (χ2v) is 4.08. The van der Waals surface area contributed by atoms with E-state index in [4.69, 9.17) is 9.47 Å². The molecule has 16 heavy (non-hydrogen) atoms. The molecular weight excluding hydrogens is 276 g/mol. The second kappa shape index (κ2) is 5.38. The summed E-state index contributed by atoms with van der Waals surface area (Å²) in [6, 6.07) is 5.30. The first-order chi connectivity index (χ1) is 7.75. The zero-order chi connectivity index (χ0) is 11.4. The fourth-order valence-electron chi connectivity index (χ4n) is 1.32. The van der Waals surface area contributed by atoms with Gasteiger partial charge in [-0.25, -0.2) is 4.98 Å². The van der Waals surface area contributed by atoms with E-state index >= 15 is 0 Å². The number of pyridine rings is 1. The summed E-state index contributed by atoms with van der Waals surface area (Å²) in [5, 5.41) is 2.67. The highest BCUT2D eigenvalue weighted by Gasteiger charge is 2.22. The Kier molecular flexibility index (Phi) is 3.87. The van der Waals surface area contributed by atoms with Gasteiger partial charge in [0.05, 0.1) is 19.8 Å². The lowest BCUT2D eigenvalue weighted by Crippen LogP contribution is -2.39. The van der Waals surface area contributed by atoms with E-state index in [0.717, 1.165) is 0 Å². The monoisotopic (exact) mass is 286 g/mol. The second-order valence-electron chi connectivity index (χ2n) is 3.27. The number of ether oxygens (including phenoxy) is 2. The molecule has 1 aromatic heterocycles. The Morgan fingerprint density at radius 3 is 3.06 bits per heavy atom. The number of carbonyl (C=O) groups is 1. The molecule has 1 N–H and O–H groups in total. The fraction of sp³-hybridized carbons (Fsp3) is 0.400. The van der Waals surface area contributed by atoms with Crippen molar-refractivity contribution in [3.63, 3.8) is 0 Å². The normalized spacial score (nSPS) is 20.4. The van der Waals surface area contributed by atoms with Gasteiger partial charge in [0, 0.05) is 0 Å². The van der Waals surface area contributed by atoms with Gasteiger partial charge in [-0.1, -0.05) is 6.07 Å². The molecule has 1 unspecified atom stereocenters. The number of hydrogen-bond acceptors (Lipinski definition) is 4. The minimum Gasteiger partial charge on any atom is -0.376 e. The SMILES string of the molecule is O=C(Nc1cccc(Br)n1)C1COCCO1. The van der Waals surface area contributed by atoms with Crippen molar-refractivity contribution in [2.24, 2.45) is 0 Å². The number of nitrogens with one attached hydrogen (secondary N) is 1. The zero-order valence-corrected chi connectivity index (χ0v) is 10.1. The molecule has 1 amide bonds. The lowest BCUT2D eigenvalue weighted by Gasteiger charge is -2.21. The van der Waals surface area contributed by atoms with Crippen LogP contribution >= 0.6 is 15.9 Å². The number of carbonyl (C=O) groups excluding carboxylic acids is 1. The summed E-state index contributed by atoms with van der Waals surface area (Å²) >= 11 is 3.23. The summed E-state index contributed by atoms with van der Waals surface area (Å²) in [7, 11) is 0. The van der Waals surface area contributed by atoms with Gasteiger partial charge in [-0.05, 0) is 28.1 Å². The van der Waals surface area contributed by atoms with Gasteiger partial charge in [-0.15, -0.1) is 0 Å². The van der Waals surface area contributed by atoms with E-state index in [1.165, 1.54) is 0 Å². The van der Waals surface area contributed by atoms with Crippen molar-refractivity contribution < 1.29 is 14.3 Å². The lowest BCUT2D eigenvalue weighted by molar-refractivity contribution is -0.142. The van der Waals surface area contributed by atoms with Crippen LogP contribution in [0.3, 0.4) is 0 Å². The summed E-state index contributed by atoms with van der Waals surface area (Å²) < 4.78 is 11.1. The van der Waals surface area contributed by atoms with Crippen molar-refractivity contribution in [3.8, 4) is 0 Å². The van der Waals surface area contributed by atoms with Gasteiger partial charge in [0.15, 0.2) is 6.10 Å². The Bertz CT molecular complexity index is 380. The van der Waals surface area contributed by atoms with E-state index in [0.29, 0.717) is 30.2 Å². The van der Waals surface area contributed by atoms with E-state index in [2.05, 4.69) is 26.2 Å². The van der Waals surface area contributed by atoms with Gasteiger partial charge < -0.3 is 14.8 Å². The molecule has 0 saturated carbocycles. The molecule has 1 aliphatic rings. The number of halogens is 1. The van der Waals surface area contributed by atoms with Crippen molar-refractivity contribution >= 4 is 27.7 Å². The minimum atomic E-state index is -0.547. The highest BCUT2D eigenvalue weighted by atomic mass is 79.9. The molecule has 6 heteroatoms. The van der Waals surface area contributed by atoms with Gasteiger partial charge in [-0.2, -0.15) is 0 Å². The maximum atomic E-state index is 11.7. The van der Waals surface area contributed by atoms with E-state index in [1.54, 1.807) is 18.2 Å². The Morgan fingerprint density at radius 2 is 2.38 bits per heavy atom. The van der Waals surface area contributed by atoms with Gasteiger partial charge >= 0.3 is 0 Å². The van der Waals surface area contributed by atoms with Crippen LogP contribution in [0.5, 0.6) is 0 Å². The van der Waals surface area contributed by atoms with E-state index in [1.807, 2.05) is 0 Å². The maximum Gasteiger partial charge on any atom is 0.257 e. The van der Waals surface area contributed by atoms with Crippen molar-refractivity contribution in [3.05, 3.63) is 22.8 Å². The third kappa shape index (κ3) is 3.01. The zero-order valence-electron chi connectivity index (χ0n) is 8.48. The van der Waals surface area contributed by atoms with E-state index in [-0.39, 0.29) is 5.91 Å². The Labute approximate surface area is 101 Å². The van der Waals surface area contributed by atoms with Crippen LogP contribution in [0.2, 0.25) is 0 Å². The lowest BCUT2D eigenvalue weighted by atomic mass is 10.3. The Morgan fingerprint density at radius 1 is 1.50 bits per heavy atom. The van der Waals surface area contributed by atoms with Crippen LogP contribution < -0.4 is 5.32 Å². The average molecular weight is 287 g/mol. The molecule has 5 nitrogen and oxygen atoms in total. The predicted octanol–water partition coefficient (Wildman–Crippen LogP) is 1.20. The molecule has 86 valence electrons. The quantitative estimate of drug-likeness (QED) is 0.830. The van der Waals surface area contributed by atoms with Crippen LogP contribution in [-0.2, 0) is 14.3 Å². The maximum absolute atomic E-state index is 11.7. The predicted molar refractivity (Wildman–Crippen MR) is 61.1 cm³/mol. The number of amides is 1. The smallest absolute Gasteiger partial charge is 0.257 e. The van der Waals surface area contributed by atoms with Gasteiger partial charge in [-0.3, -0.25) is 4.79 Å². The van der Waals surface area contributed by atoms with Gasteiger partial charge in [0.25, 0.3) is 5.91 Å². The van der Waals surface area contributed by atoms with Crippen LogP contribution in [0, 0.1) is 0 Å². The van der Waals surface area contributed by atoms with Crippen LogP contribution in [0.25, 0.3) is 0 Å². The highest BCUT2D eigenvalue weighted by molar-refractivity contribution is 9.10. The molecule has 0 radical (unpaired) electrons. The molecule has 1 atom stereocenters. The van der Waals surface area contributed by atoms with Crippen LogP contribution in [0.4, 0.5) is 5.82 Å². The number of anilines is 1. The third-order valence-corrected chi connectivity index (χ3v) is 2.52. The molecule has 1 aliphatic heterocycles. The van der Waals surface area contributed by atoms with Gasteiger partial charge in [0.2, 0.25) is 0 Å². The van der Waals surface area contributed by atoms with Crippen molar-refractivity contribution in [1.29, 1.82) is 0 Å². The molecule has 0 aliphatic carbocycles. The van der Waals surface area contributed by atoms with Gasteiger partial charge in [0.1, 0.15) is 10.4 Å². The third-order valence-electron chi connectivity index (χ3n) is 2.07. The van der Waals surface area contributed by atoms with Crippen LogP contribution in [0.1, 0.15) is 0 Å². The molecule has 0 bridgehead atoms. The summed E-state index contributed by atoms with van der Waals surface area (Å²) in [5.74, 6) is 0.263. The summed E-state index contributed by atoms with van der Waals surface area (Å²) in [4.78, 5) is 15.8. The summed E-state index contributed by atoms with van der Waals surface area (Å²) in [6.45, 7) is 1.28.